The van der Waals surface area contributed by atoms with E-state index < -0.39 is 15.7 Å². The van der Waals surface area contributed by atoms with Crippen molar-refractivity contribution in [3.63, 3.8) is 0 Å². The molecule has 5 N–H and O–H groups in total. The van der Waals surface area contributed by atoms with Crippen molar-refractivity contribution in [2.45, 2.75) is 56.5 Å². The Morgan fingerprint density at radius 2 is 1.65 bits per heavy atom. The van der Waals surface area contributed by atoms with E-state index in [9.17, 15) is 8.42 Å². The molecule has 0 aromatic heterocycles. The molecule has 1 aliphatic carbocycles. The van der Waals surface area contributed by atoms with Crippen LogP contribution in [0.5, 0.6) is 0 Å². The highest BCUT2D eigenvalue weighted by Gasteiger charge is 2.42. The summed E-state index contributed by atoms with van der Waals surface area (Å²) in [5.41, 5.74) is 15.0. The van der Waals surface area contributed by atoms with Crippen molar-refractivity contribution >= 4 is 33.3 Å². The number of aliphatic imine (C=N–C) groups is 2. The molecule has 0 amide bonds. The van der Waals surface area contributed by atoms with E-state index in [2.05, 4.69) is 14.7 Å². The van der Waals surface area contributed by atoms with Crippen LogP contribution in [-0.4, -0.2) is 26.0 Å². The minimum atomic E-state index is -3.72. The number of rotatable bonds is 4. The van der Waals surface area contributed by atoms with Gasteiger partial charge >= 0.3 is 0 Å². The fourth-order valence-electron chi connectivity index (χ4n) is 4.29. The highest BCUT2D eigenvalue weighted by atomic mass is 32.2. The van der Waals surface area contributed by atoms with Gasteiger partial charge in [-0.2, -0.15) is 4.99 Å². The maximum Gasteiger partial charge on any atom is 0.261 e. The van der Waals surface area contributed by atoms with Crippen molar-refractivity contribution in [2.75, 3.05) is 9.62 Å². The highest BCUT2D eigenvalue weighted by Crippen LogP contribution is 2.39. The molecule has 8 nitrogen and oxygen atoms in total. The van der Waals surface area contributed by atoms with Gasteiger partial charge in [-0.25, -0.2) is 13.4 Å². The summed E-state index contributed by atoms with van der Waals surface area (Å²) < 4.78 is 28.4. The zero-order valence-electron chi connectivity index (χ0n) is 17.8. The Morgan fingerprint density at radius 1 is 0.968 bits per heavy atom. The number of guanidine groups is 2. The van der Waals surface area contributed by atoms with Crippen molar-refractivity contribution in [3.05, 3.63) is 53.6 Å². The lowest BCUT2D eigenvalue weighted by atomic mass is 9.87. The van der Waals surface area contributed by atoms with Crippen LogP contribution in [-0.2, 0) is 10.0 Å². The lowest BCUT2D eigenvalue weighted by molar-refractivity contribution is 0.305. The monoisotopic (exact) mass is 440 g/mol. The number of nitrogens with zero attached hydrogens (tertiary/aromatic N) is 3. The zero-order valence-corrected chi connectivity index (χ0v) is 18.6. The van der Waals surface area contributed by atoms with Crippen LogP contribution in [0.25, 0.3) is 0 Å². The SMILES string of the molecule is Cc1ccc(NS(=O)(=O)c2ccc(N3C(N)=NC(N)=NC34CCCCC4)cc2)cc1C. The number of hydrogen-bond acceptors (Lipinski definition) is 7. The smallest absolute Gasteiger partial charge is 0.261 e. The molecular formula is C22H28N6O2S. The Bertz CT molecular complexity index is 1150. The lowest BCUT2D eigenvalue weighted by Crippen LogP contribution is -2.58. The Labute approximate surface area is 183 Å². The van der Waals surface area contributed by atoms with E-state index in [0.717, 1.165) is 48.9 Å². The number of aryl methyl sites for hydroxylation is 2. The van der Waals surface area contributed by atoms with Crippen molar-refractivity contribution in [1.82, 2.24) is 0 Å². The van der Waals surface area contributed by atoms with E-state index >= 15 is 0 Å². The fraction of sp³-hybridized carbons (Fsp3) is 0.364. The molecule has 1 heterocycles. The molecule has 1 saturated carbocycles. The van der Waals surface area contributed by atoms with Gasteiger partial charge < -0.3 is 11.5 Å². The van der Waals surface area contributed by atoms with Gasteiger partial charge in [0.2, 0.25) is 11.9 Å². The average molecular weight is 441 g/mol. The van der Waals surface area contributed by atoms with Crippen molar-refractivity contribution in [1.29, 1.82) is 0 Å². The molecule has 0 unspecified atom stereocenters. The third-order valence-corrected chi connectivity index (χ3v) is 7.41. The summed E-state index contributed by atoms with van der Waals surface area (Å²) in [4.78, 5) is 10.8. The number of anilines is 2. The second-order valence-electron chi connectivity index (χ2n) is 8.22. The number of sulfonamides is 1. The van der Waals surface area contributed by atoms with Crippen molar-refractivity contribution in [2.24, 2.45) is 21.5 Å². The van der Waals surface area contributed by atoms with Crippen LogP contribution >= 0.6 is 0 Å². The first-order valence-corrected chi connectivity index (χ1v) is 11.9. The van der Waals surface area contributed by atoms with Gasteiger partial charge in [-0.15, -0.1) is 0 Å². The maximum atomic E-state index is 12.9. The third kappa shape index (κ3) is 4.10. The number of hydrogen-bond donors (Lipinski definition) is 3. The second kappa shape index (κ2) is 7.88. The zero-order chi connectivity index (χ0) is 22.2. The minimum Gasteiger partial charge on any atom is -0.369 e. The molecule has 31 heavy (non-hydrogen) atoms. The van der Waals surface area contributed by atoms with Crippen molar-refractivity contribution in [3.8, 4) is 0 Å². The van der Waals surface area contributed by atoms with E-state index in [1.54, 1.807) is 30.3 Å². The van der Waals surface area contributed by atoms with Crippen molar-refractivity contribution < 1.29 is 8.42 Å². The van der Waals surface area contributed by atoms with E-state index in [1.165, 1.54) is 0 Å². The second-order valence-corrected chi connectivity index (χ2v) is 9.90. The van der Waals surface area contributed by atoms with Gasteiger partial charge in [-0.1, -0.05) is 12.5 Å². The maximum absolute atomic E-state index is 12.9. The van der Waals surface area contributed by atoms with Crippen LogP contribution in [0, 0.1) is 13.8 Å². The Balaban J connectivity index is 1.62. The molecular weight excluding hydrogens is 412 g/mol. The molecule has 2 aromatic carbocycles. The van der Waals surface area contributed by atoms with Gasteiger partial charge in [-0.05, 0) is 87.1 Å². The van der Waals surface area contributed by atoms with Gasteiger partial charge in [0.15, 0.2) is 0 Å². The van der Waals surface area contributed by atoms with Gasteiger partial charge in [0.05, 0.1) is 4.90 Å². The largest absolute Gasteiger partial charge is 0.369 e. The summed E-state index contributed by atoms with van der Waals surface area (Å²) in [6, 6.07) is 12.1. The summed E-state index contributed by atoms with van der Waals surface area (Å²) in [5.74, 6) is 0.464. The molecule has 0 saturated heterocycles. The normalized spacial score (nSPS) is 18.5. The van der Waals surface area contributed by atoms with E-state index in [4.69, 9.17) is 11.5 Å². The number of nitrogens with two attached hydrogens (primary N) is 2. The predicted octanol–water partition coefficient (Wildman–Crippen LogP) is 3.21. The predicted molar refractivity (Wildman–Crippen MR) is 125 cm³/mol. The summed E-state index contributed by atoms with van der Waals surface area (Å²) in [5, 5.41) is 0. The Kier molecular flexibility index (Phi) is 5.38. The molecule has 164 valence electrons. The van der Waals surface area contributed by atoms with Gasteiger partial charge in [-0.3, -0.25) is 9.62 Å². The topological polar surface area (TPSA) is 126 Å². The number of nitrogens with one attached hydrogen (secondary N) is 1. The molecule has 4 rings (SSSR count). The van der Waals surface area contributed by atoms with Crippen LogP contribution in [0.15, 0.2) is 57.3 Å². The summed E-state index contributed by atoms with van der Waals surface area (Å²) in [6.07, 6.45) is 4.82. The molecule has 1 fully saturated rings. The molecule has 9 heteroatoms. The van der Waals surface area contributed by atoms with Crippen LogP contribution < -0.4 is 21.1 Å². The van der Waals surface area contributed by atoms with Gasteiger partial charge in [0, 0.05) is 11.4 Å². The summed E-state index contributed by atoms with van der Waals surface area (Å²) >= 11 is 0. The van der Waals surface area contributed by atoms with Crippen LogP contribution in [0.4, 0.5) is 11.4 Å². The first kappa shape index (κ1) is 21.2. The fourth-order valence-corrected chi connectivity index (χ4v) is 5.34. The van der Waals surface area contributed by atoms with Crippen LogP contribution in [0.1, 0.15) is 43.2 Å². The van der Waals surface area contributed by atoms with Gasteiger partial charge in [0.1, 0.15) is 5.66 Å². The molecule has 0 bridgehead atoms. The summed E-state index contributed by atoms with van der Waals surface area (Å²) in [7, 11) is -3.72. The first-order valence-electron chi connectivity index (χ1n) is 10.4. The first-order chi connectivity index (χ1) is 14.7. The van der Waals surface area contributed by atoms with Crippen LogP contribution in [0.3, 0.4) is 0 Å². The lowest BCUT2D eigenvalue weighted by Gasteiger charge is -2.45. The van der Waals surface area contributed by atoms with Gasteiger partial charge in [0.25, 0.3) is 10.0 Å². The minimum absolute atomic E-state index is 0.169. The van der Waals surface area contributed by atoms with E-state index in [1.807, 2.05) is 30.9 Å². The highest BCUT2D eigenvalue weighted by molar-refractivity contribution is 7.92. The Hall–Kier alpha value is -3.07. The molecule has 0 radical (unpaired) electrons. The third-order valence-electron chi connectivity index (χ3n) is 6.02. The molecule has 2 aromatic rings. The molecule has 1 aliphatic heterocycles. The summed E-state index contributed by atoms with van der Waals surface area (Å²) in [6.45, 7) is 3.93. The Morgan fingerprint density at radius 3 is 2.29 bits per heavy atom. The standard InChI is InChI=1S/C22H28N6O2S/c1-15-6-7-17(14-16(15)2)27-31(29,30)19-10-8-18(9-11-19)28-21(24)25-20(23)26-22(28)12-4-3-5-13-22/h6-11,14,27H,3-5,12-13H2,1-2H3,(H4,23,24,25,26). The quantitative estimate of drug-likeness (QED) is 0.673. The van der Waals surface area contributed by atoms with Crippen LogP contribution in [0.2, 0.25) is 0 Å². The van der Waals surface area contributed by atoms with E-state index in [0.29, 0.717) is 5.69 Å². The molecule has 2 aliphatic rings. The molecule has 1 spiro atoms. The van der Waals surface area contributed by atoms with E-state index in [-0.39, 0.29) is 16.8 Å². The molecule has 0 atom stereocenters. The number of benzene rings is 2. The average Bonchev–Trinajstić information content (AvgIpc) is 2.71.